The highest BCUT2D eigenvalue weighted by Gasteiger charge is 2.28. The van der Waals surface area contributed by atoms with Crippen LogP contribution in [0.1, 0.15) is 48.7 Å². The van der Waals surface area contributed by atoms with Crippen LogP contribution in [0.15, 0.2) is 24.3 Å². The molecule has 1 unspecified atom stereocenters. The van der Waals surface area contributed by atoms with Gasteiger partial charge in [0.15, 0.2) is 0 Å². The van der Waals surface area contributed by atoms with Crippen LogP contribution in [-0.4, -0.2) is 9.97 Å². The van der Waals surface area contributed by atoms with Crippen molar-refractivity contribution in [3.63, 3.8) is 0 Å². The first kappa shape index (κ1) is 14.1. The molecule has 1 aromatic heterocycles. The summed E-state index contributed by atoms with van der Waals surface area (Å²) in [4.78, 5) is 9.04. The third-order valence-corrected chi connectivity index (χ3v) is 4.21. The Kier molecular flexibility index (Phi) is 3.72. The van der Waals surface area contributed by atoms with Crippen LogP contribution in [0.2, 0.25) is 5.02 Å². The second-order valence-corrected chi connectivity index (χ2v) is 6.01. The molecule has 0 amide bonds. The first-order valence-electron chi connectivity index (χ1n) is 7.21. The molecule has 3 rings (SSSR count). The lowest BCUT2D eigenvalue weighted by molar-refractivity contribution is 0.850. The van der Waals surface area contributed by atoms with Crippen molar-refractivity contribution in [1.29, 1.82) is 0 Å². The summed E-state index contributed by atoms with van der Waals surface area (Å²) in [6.45, 7) is 4.00. The summed E-state index contributed by atoms with van der Waals surface area (Å²) >= 11 is 6.25. The van der Waals surface area contributed by atoms with Gasteiger partial charge in [0.25, 0.3) is 0 Å². The van der Waals surface area contributed by atoms with Crippen LogP contribution in [0.3, 0.4) is 0 Å². The first-order chi connectivity index (χ1) is 10.1. The third-order valence-electron chi connectivity index (χ3n) is 3.87. The zero-order valence-corrected chi connectivity index (χ0v) is 13.0. The lowest BCUT2D eigenvalue weighted by atomic mass is 10.1. The fraction of sp³-hybridized carbons (Fsp3) is 0.375. The van der Waals surface area contributed by atoms with Gasteiger partial charge in [-0.15, -0.1) is 0 Å². The molecule has 0 saturated heterocycles. The lowest BCUT2D eigenvalue weighted by Gasteiger charge is -2.19. The van der Waals surface area contributed by atoms with E-state index in [4.69, 9.17) is 17.3 Å². The van der Waals surface area contributed by atoms with Crippen LogP contribution in [-0.2, 0) is 0 Å². The van der Waals surface area contributed by atoms with Crippen molar-refractivity contribution in [1.82, 2.24) is 9.97 Å². The highest BCUT2D eigenvalue weighted by molar-refractivity contribution is 6.31. The molecule has 1 aromatic carbocycles. The summed E-state index contributed by atoms with van der Waals surface area (Å²) in [5.41, 5.74) is 7.95. The van der Waals surface area contributed by atoms with E-state index in [0.717, 1.165) is 40.6 Å². The van der Waals surface area contributed by atoms with E-state index in [1.54, 1.807) is 0 Å². The first-order valence-corrected chi connectivity index (χ1v) is 7.59. The maximum Gasteiger partial charge on any atom is 0.136 e. The SMILES string of the molecule is Cc1c(N)nc(C2CC2)nc1NC(C)c1ccccc1Cl. The normalized spacial score (nSPS) is 15.8. The number of nitrogens with zero attached hydrogens (tertiary/aromatic N) is 2. The van der Waals surface area contributed by atoms with Crippen LogP contribution in [0.5, 0.6) is 0 Å². The largest absolute Gasteiger partial charge is 0.383 e. The Bertz CT molecular complexity index is 667. The monoisotopic (exact) mass is 302 g/mol. The van der Waals surface area contributed by atoms with E-state index in [-0.39, 0.29) is 6.04 Å². The number of nitrogens with one attached hydrogen (secondary N) is 1. The van der Waals surface area contributed by atoms with Crippen LogP contribution < -0.4 is 11.1 Å². The van der Waals surface area contributed by atoms with Gasteiger partial charge < -0.3 is 11.1 Å². The average molecular weight is 303 g/mol. The molecule has 2 aromatic rings. The van der Waals surface area contributed by atoms with E-state index >= 15 is 0 Å². The summed E-state index contributed by atoms with van der Waals surface area (Å²) in [6.07, 6.45) is 2.31. The van der Waals surface area contributed by atoms with E-state index in [1.807, 2.05) is 31.2 Å². The minimum absolute atomic E-state index is 0.0544. The van der Waals surface area contributed by atoms with Crippen LogP contribution in [0.4, 0.5) is 11.6 Å². The van der Waals surface area contributed by atoms with Crippen molar-refractivity contribution < 1.29 is 0 Å². The number of anilines is 2. The Morgan fingerprint density at radius 2 is 2.00 bits per heavy atom. The third kappa shape index (κ3) is 2.95. The molecule has 1 atom stereocenters. The average Bonchev–Trinajstić information content (AvgIpc) is 3.28. The van der Waals surface area contributed by atoms with Crippen molar-refractivity contribution in [3.8, 4) is 0 Å². The van der Waals surface area contributed by atoms with Gasteiger partial charge >= 0.3 is 0 Å². The molecule has 1 saturated carbocycles. The molecule has 21 heavy (non-hydrogen) atoms. The quantitative estimate of drug-likeness (QED) is 0.893. The number of hydrogen-bond acceptors (Lipinski definition) is 4. The highest BCUT2D eigenvalue weighted by atomic mass is 35.5. The number of hydrogen-bond donors (Lipinski definition) is 2. The van der Waals surface area contributed by atoms with Crippen LogP contribution in [0.25, 0.3) is 0 Å². The second kappa shape index (κ2) is 5.53. The Hall–Kier alpha value is -1.81. The number of benzene rings is 1. The molecule has 0 bridgehead atoms. The summed E-state index contributed by atoms with van der Waals surface area (Å²) < 4.78 is 0. The van der Waals surface area contributed by atoms with Gasteiger partial charge in [0.1, 0.15) is 17.5 Å². The van der Waals surface area contributed by atoms with Gasteiger partial charge in [-0.1, -0.05) is 29.8 Å². The van der Waals surface area contributed by atoms with Crippen LogP contribution in [0, 0.1) is 6.92 Å². The summed E-state index contributed by atoms with van der Waals surface area (Å²) in [7, 11) is 0. The van der Waals surface area contributed by atoms with Crippen molar-refractivity contribution in [3.05, 3.63) is 46.2 Å². The summed E-state index contributed by atoms with van der Waals surface area (Å²) in [6, 6.07) is 7.88. The Labute approximate surface area is 129 Å². The zero-order chi connectivity index (χ0) is 15.0. The predicted octanol–water partition coefficient (Wildman–Crippen LogP) is 4.07. The van der Waals surface area contributed by atoms with Crippen molar-refractivity contribution in [2.45, 2.75) is 38.6 Å². The lowest BCUT2D eigenvalue weighted by Crippen LogP contribution is -2.13. The minimum atomic E-state index is 0.0544. The molecule has 0 spiro atoms. The fourth-order valence-electron chi connectivity index (χ4n) is 2.33. The van der Waals surface area contributed by atoms with Crippen LogP contribution >= 0.6 is 11.6 Å². The van der Waals surface area contributed by atoms with Crippen molar-refractivity contribution >= 4 is 23.2 Å². The van der Waals surface area contributed by atoms with Gasteiger partial charge in [-0.3, -0.25) is 0 Å². The second-order valence-electron chi connectivity index (χ2n) is 5.60. The minimum Gasteiger partial charge on any atom is -0.383 e. The number of halogens is 1. The molecule has 1 fully saturated rings. The Morgan fingerprint density at radius 3 is 2.67 bits per heavy atom. The highest BCUT2D eigenvalue weighted by Crippen LogP contribution is 2.39. The molecule has 0 radical (unpaired) electrons. The van der Waals surface area contributed by atoms with E-state index in [0.29, 0.717) is 11.7 Å². The van der Waals surface area contributed by atoms with Crippen molar-refractivity contribution in [2.75, 3.05) is 11.1 Å². The topological polar surface area (TPSA) is 63.8 Å². The van der Waals surface area contributed by atoms with Gasteiger partial charge in [0.2, 0.25) is 0 Å². The number of rotatable bonds is 4. The van der Waals surface area contributed by atoms with Gasteiger partial charge in [0.05, 0.1) is 6.04 Å². The van der Waals surface area contributed by atoms with Gasteiger partial charge in [0, 0.05) is 16.5 Å². The number of nitrogens with two attached hydrogens (primary N) is 1. The standard InChI is InChI=1S/C16H19ClN4/c1-9-14(18)20-16(11-7-8-11)21-15(9)19-10(2)12-5-3-4-6-13(12)17/h3-6,10-11H,7-8H2,1-2H3,(H3,18,19,20,21). The Balaban J connectivity index is 1.89. The molecule has 1 aliphatic carbocycles. The van der Waals surface area contributed by atoms with Crippen molar-refractivity contribution in [2.24, 2.45) is 0 Å². The molecule has 3 N–H and O–H groups in total. The van der Waals surface area contributed by atoms with E-state index in [2.05, 4.69) is 22.2 Å². The summed E-state index contributed by atoms with van der Waals surface area (Å²) in [5, 5.41) is 4.17. The maximum absolute atomic E-state index is 6.25. The zero-order valence-electron chi connectivity index (χ0n) is 12.2. The van der Waals surface area contributed by atoms with E-state index in [9.17, 15) is 0 Å². The van der Waals surface area contributed by atoms with Gasteiger partial charge in [-0.25, -0.2) is 9.97 Å². The van der Waals surface area contributed by atoms with E-state index in [1.165, 1.54) is 0 Å². The molecule has 4 nitrogen and oxygen atoms in total. The summed E-state index contributed by atoms with van der Waals surface area (Å²) in [5.74, 6) is 2.69. The fourth-order valence-corrected chi connectivity index (χ4v) is 2.63. The smallest absolute Gasteiger partial charge is 0.136 e. The molecule has 1 heterocycles. The molecule has 0 aliphatic heterocycles. The maximum atomic E-state index is 6.25. The molecular formula is C16H19ClN4. The molecule has 1 aliphatic rings. The van der Waals surface area contributed by atoms with Gasteiger partial charge in [-0.05, 0) is 38.3 Å². The number of aromatic nitrogens is 2. The van der Waals surface area contributed by atoms with Gasteiger partial charge in [-0.2, -0.15) is 0 Å². The molecule has 5 heteroatoms. The molecular weight excluding hydrogens is 284 g/mol. The molecule has 110 valence electrons. The Morgan fingerprint density at radius 1 is 1.29 bits per heavy atom. The van der Waals surface area contributed by atoms with E-state index < -0.39 is 0 Å². The number of nitrogen functional groups attached to an aromatic ring is 1. The predicted molar refractivity (Wildman–Crippen MR) is 86.6 cm³/mol.